The molecule has 3 heterocycles. The molecule has 0 bridgehead atoms. The number of aromatic amines is 1. The molecule has 29 heavy (non-hydrogen) atoms. The first kappa shape index (κ1) is 18.0. The van der Waals surface area contributed by atoms with Crippen LogP contribution in [0.3, 0.4) is 0 Å². The SMILES string of the molecule is C1=CCCN(c2ccc(Nc3nc(NCC4CCC4)c4cc[nH]c4n3)cc2)CC1. The van der Waals surface area contributed by atoms with E-state index in [2.05, 4.69) is 61.9 Å². The van der Waals surface area contributed by atoms with Gasteiger partial charge in [-0.25, -0.2) is 0 Å². The van der Waals surface area contributed by atoms with Crippen LogP contribution in [0.25, 0.3) is 11.0 Å². The van der Waals surface area contributed by atoms with Gasteiger partial charge in [-0.15, -0.1) is 0 Å². The summed E-state index contributed by atoms with van der Waals surface area (Å²) in [5.74, 6) is 2.29. The lowest BCUT2D eigenvalue weighted by molar-refractivity contribution is 0.333. The summed E-state index contributed by atoms with van der Waals surface area (Å²) in [6.07, 6.45) is 12.7. The number of rotatable bonds is 6. The fraction of sp³-hybridized carbons (Fsp3) is 0.391. The van der Waals surface area contributed by atoms with Crippen LogP contribution in [0, 0.1) is 5.92 Å². The number of nitrogens with one attached hydrogen (secondary N) is 3. The average molecular weight is 389 g/mol. The maximum atomic E-state index is 4.75. The van der Waals surface area contributed by atoms with Gasteiger partial charge in [-0.05, 0) is 61.9 Å². The zero-order valence-corrected chi connectivity index (χ0v) is 16.7. The Morgan fingerprint density at radius 1 is 1.00 bits per heavy atom. The second kappa shape index (κ2) is 8.15. The van der Waals surface area contributed by atoms with Gasteiger partial charge in [0, 0.05) is 37.2 Å². The summed E-state index contributed by atoms with van der Waals surface area (Å²) in [5.41, 5.74) is 3.12. The lowest BCUT2D eigenvalue weighted by atomic mass is 9.85. The highest BCUT2D eigenvalue weighted by Gasteiger charge is 2.18. The third kappa shape index (κ3) is 4.06. The molecule has 1 aromatic carbocycles. The maximum Gasteiger partial charge on any atom is 0.231 e. The van der Waals surface area contributed by atoms with E-state index in [9.17, 15) is 0 Å². The van der Waals surface area contributed by atoms with Gasteiger partial charge in [0.1, 0.15) is 11.5 Å². The molecule has 3 aromatic rings. The van der Waals surface area contributed by atoms with Crippen LogP contribution in [-0.4, -0.2) is 34.6 Å². The van der Waals surface area contributed by atoms with Crippen LogP contribution in [0.5, 0.6) is 0 Å². The van der Waals surface area contributed by atoms with Crippen molar-refractivity contribution in [1.82, 2.24) is 15.0 Å². The first-order chi connectivity index (χ1) is 14.3. The summed E-state index contributed by atoms with van der Waals surface area (Å²) >= 11 is 0. The summed E-state index contributed by atoms with van der Waals surface area (Å²) in [6, 6.07) is 10.6. The number of aromatic nitrogens is 3. The van der Waals surface area contributed by atoms with Crippen LogP contribution in [0.15, 0.2) is 48.7 Å². The minimum Gasteiger partial charge on any atom is -0.371 e. The monoisotopic (exact) mass is 388 g/mol. The average Bonchev–Trinajstić information content (AvgIpc) is 3.01. The molecule has 1 fully saturated rings. The minimum absolute atomic E-state index is 0.614. The van der Waals surface area contributed by atoms with Crippen LogP contribution < -0.4 is 15.5 Å². The zero-order chi connectivity index (χ0) is 19.5. The molecule has 0 unspecified atom stereocenters. The first-order valence-electron chi connectivity index (χ1n) is 10.7. The van der Waals surface area contributed by atoms with E-state index in [1.165, 1.54) is 24.9 Å². The first-order valence-corrected chi connectivity index (χ1v) is 10.7. The highest BCUT2D eigenvalue weighted by molar-refractivity contribution is 5.88. The maximum absolute atomic E-state index is 4.75. The van der Waals surface area contributed by atoms with Crippen LogP contribution in [0.2, 0.25) is 0 Å². The molecule has 1 aliphatic carbocycles. The van der Waals surface area contributed by atoms with Crippen LogP contribution in [0.4, 0.5) is 23.1 Å². The molecule has 150 valence electrons. The number of hydrogen-bond donors (Lipinski definition) is 3. The predicted octanol–water partition coefficient (Wildman–Crippen LogP) is 5.07. The Morgan fingerprint density at radius 3 is 2.52 bits per heavy atom. The molecular formula is C23H28N6. The zero-order valence-electron chi connectivity index (χ0n) is 16.7. The fourth-order valence-corrected chi connectivity index (χ4v) is 4.02. The fourth-order valence-electron chi connectivity index (χ4n) is 4.02. The van der Waals surface area contributed by atoms with Crippen molar-refractivity contribution >= 4 is 34.2 Å². The van der Waals surface area contributed by atoms with Crippen LogP contribution in [0.1, 0.15) is 32.1 Å². The van der Waals surface area contributed by atoms with Gasteiger partial charge in [0.2, 0.25) is 5.95 Å². The standard InChI is InChI=1S/C23H28N6/c1-2-4-15-29(14-3-1)19-10-8-18(9-11-19)26-23-27-21-20(12-13-24-21)22(28-23)25-16-17-6-5-7-17/h1-2,8-13,17H,3-7,14-16H2,(H3,24,25,26,27,28). The van der Waals surface area contributed by atoms with E-state index in [1.54, 1.807) is 0 Å². The third-order valence-electron chi connectivity index (χ3n) is 5.99. The van der Waals surface area contributed by atoms with Gasteiger partial charge in [0.05, 0.1) is 5.39 Å². The summed E-state index contributed by atoms with van der Waals surface area (Å²) < 4.78 is 0. The van der Waals surface area contributed by atoms with Gasteiger partial charge in [-0.2, -0.15) is 9.97 Å². The van der Waals surface area contributed by atoms with E-state index in [4.69, 9.17) is 4.98 Å². The van der Waals surface area contributed by atoms with Crippen molar-refractivity contribution in [3.63, 3.8) is 0 Å². The van der Waals surface area contributed by atoms with Gasteiger partial charge in [-0.1, -0.05) is 18.6 Å². The predicted molar refractivity (Wildman–Crippen MR) is 120 cm³/mol. The molecule has 0 spiro atoms. The van der Waals surface area contributed by atoms with Gasteiger partial charge in [0.25, 0.3) is 0 Å². The lowest BCUT2D eigenvalue weighted by Crippen LogP contribution is -2.23. The molecule has 1 aliphatic heterocycles. The van der Waals surface area contributed by atoms with Crippen molar-refractivity contribution in [2.75, 3.05) is 35.2 Å². The molecule has 2 aliphatic rings. The van der Waals surface area contributed by atoms with Gasteiger partial charge < -0.3 is 20.5 Å². The molecular weight excluding hydrogens is 360 g/mol. The highest BCUT2D eigenvalue weighted by atomic mass is 15.2. The third-order valence-corrected chi connectivity index (χ3v) is 5.99. The van der Waals surface area contributed by atoms with E-state index in [1.807, 2.05) is 12.3 Å². The minimum atomic E-state index is 0.614. The largest absolute Gasteiger partial charge is 0.371 e. The van der Waals surface area contributed by atoms with Crippen molar-refractivity contribution in [2.45, 2.75) is 32.1 Å². The van der Waals surface area contributed by atoms with E-state index in [0.29, 0.717) is 5.95 Å². The molecule has 2 aromatic heterocycles. The molecule has 1 saturated carbocycles. The summed E-state index contributed by atoms with van der Waals surface area (Å²) in [7, 11) is 0. The Labute approximate surface area is 171 Å². The van der Waals surface area contributed by atoms with Crippen molar-refractivity contribution in [1.29, 1.82) is 0 Å². The molecule has 6 nitrogen and oxygen atoms in total. The summed E-state index contributed by atoms with van der Waals surface area (Å²) in [5, 5.41) is 7.95. The van der Waals surface area contributed by atoms with E-state index >= 15 is 0 Å². The van der Waals surface area contributed by atoms with Gasteiger partial charge in [-0.3, -0.25) is 0 Å². The molecule has 0 atom stereocenters. The van der Waals surface area contributed by atoms with Crippen molar-refractivity contribution in [3.05, 3.63) is 48.7 Å². The molecule has 6 heteroatoms. The number of anilines is 4. The quantitative estimate of drug-likeness (QED) is 0.514. The van der Waals surface area contributed by atoms with Crippen LogP contribution in [-0.2, 0) is 0 Å². The Balaban J connectivity index is 1.31. The smallest absolute Gasteiger partial charge is 0.231 e. The van der Waals surface area contributed by atoms with Gasteiger partial charge >= 0.3 is 0 Å². The number of benzene rings is 1. The van der Waals surface area contributed by atoms with Crippen molar-refractivity contribution < 1.29 is 0 Å². The molecule has 0 saturated heterocycles. The highest BCUT2D eigenvalue weighted by Crippen LogP contribution is 2.28. The second-order valence-electron chi connectivity index (χ2n) is 8.02. The van der Waals surface area contributed by atoms with Crippen molar-refractivity contribution in [3.8, 4) is 0 Å². The topological polar surface area (TPSA) is 68.9 Å². The molecule has 3 N–H and O–H groups in total. The Kier molecular flexibility index (Phi) is 5.07. The van der Waals surface area contributed by atoms with Crippen LogP contribution >= 0.6 is 0 Å². The summed E-state index contributed by atoms with van der Waals surface area (Å²) in [4.78, 5) is 15.0. The second-order valence-corrected chi connectivity index (χ2v) is 8.02. The van der Waals surface area contributed by atoms with Crippen molar-refractivity contribution in [2.24, 2.45) is 5.92 Å². The van der Waals surface area contributed by atoms with E-state index < -0.39 is 0 Å². The lowest BCUT2D eigenvalue weighted by Gasteiger charge is -2.25. The number of nitrogens with zero attached hydrogens (tertiary/aromatic N) is 3. The molecule has 5 rings (SSSR count). The number of H-pyrrole nitrogens is 1. The summed E-state index contributed by atoms with van der Waals surface area (Å²) in [6.45, 7) is 3.13. The number of fused-ring (bicyclic) bond motifs is 1. The Hall–Kier alpha value is -3.02. The normalized spacial score (nSPS) is 17.2. The molecule has 0 amide bonds. The Morgan fingerprint density at radius 2 is 1.79 bits per heavy atom. The molecule has 0 radical (unpaired) electrons. The van der Waals surface area contributed by atoms with E-state index in [-0.39, 0.29) is 0 Å². The number of hydrogen-bond acceptors (Lipinski definition) is 5. The van der Waals surface area contributed by atoms with Gasteiger partial charge in [0.15, 0.2) is 0 Å². The van der Waals surface area contributed by atoms with E-state index in [0.717, 1.165) is 60.9 Å². The Bertz CT molecular complexity index is 976.